The standard InChI is InChI=1S/C61H73N11O12S/c1-33-24-46(73)36(4)44(70(33)9)31-64-54(79)30-61(22-19-52(77)66-58-57(81)48(75)26-35(3)72(58)11,21-18-51(76)63-32-45-56(80)47(74)25-34(2)71(45)10)67-53(78)20-23-62-60(85)65-37-12-15-40(59(82)83)43(27-37)55-41-16-13-38(68(5)6)28-49(41)84-50-29-39(69(7)8)14-17-42(50)55/h12-17,24-28,50H,18-23,29-32H2,1-11H3,(H8-,62,63,64,65,66,67,75,76,77,78,79,80,81,82,83,85)/p+1. The van der Waals surface area contributed by atoms with Crippen molar-refractivity contribution in [3.05, 3.63) is 154 Å². The second kappa shape index (κ2) is 26.5. The Bertz CT molecular complexity index is 3830. The van der Waals surface area contributed by atoms with E-state index in [1.807, 2.05) is 68.0 Å². The molecule has 0 fully saturated rings. The van der Waals surface area contributed by atoms with Crippen LogP contribution in [-0.4, -0.2) is 120 Å². The molecule has 4 heterocycles. The van der Waals surface area contributed by atoms with E-state index in [9.17, 15) is 53.7 Å². The molecule has 85 heavy (non-hydrogen) atoms. The number of rotatable bonds is 21. The van der Waals surface area contributed by atoms with Crippen LogP contribution in [0.25, 0.3) is 5.57 Å². The number of fused-ring (bicyclic) bond motifs is 2. The molecule has 0 bridgehead atoms. The molecule has 2 aromatic carbocycles. The number of allylic oxidation sites excluding steroid dienone is 1. The van der Waals surface area contributed by atoms with Crippen molar-refractivity contribution in [2.75, 3.05) is 50.3 Å². The summed E-state index contributed by atoms with van der Waals surface area (Å²) in [4.78, 5) is 109. The number of amides is 4. The van der Waals surface area contributed by atoms with Crippen LogP contribution in [0.15, 0.2) is 86.7 Å². The number of carbonyl (C=O) groups is 5. The third-order valence-electron chi connectivity index (χ3n) is 15.7. The molecular formula is C61H74N11O12S+. The first-order chi connectivity index (χ1) is 40.1. The van der Waals surface area contributed by atoms with Crippen LogP contribution in [0.4, 0.5) is 17.2 Å². The lowest BCUT2D eigenvalue weighted by molar-refractivity contribution is -0.465. The van der Waals surface area contributed by atoms with Gasteiger partial charge in [-0.15, -0.1) is 0 Å². The number of thiocarbonyl (C=S) groups is 1. The third kappa shape index (κ3) is 14.7. The van der Waals surface area contributed by atoms with E-state index in [2.05, 4.69) is 31.9 Å². The summed E-state index contributed by atoms with van der Waals surface area (Å²) in [5.41, 5.74) is 4.41. The number of hydrogen-bond acceptors (Lipinski definition) is 13. The maximum absolute atomic E-state index is 14.4. The first-order valence-corrected chi connectivity index (χ1v) is 27.9. The fourth-order valence-electron chi connectivity index (χ4n) is 10.4. The van der Waals surface area contributed by atoms with Crippen molar-refractivity contribution in [3.8, 4) is 17.2 Å². The zero-order valence-corrected chi connectivity index (χ0v) is 50.5. The topological polar surface area (TPSA) is 300 Å². The van der Waals surface area contributed by atoms with Crippen LogP contribution in [0.1, 0.15) is 100 Å². The fraction of sp³-hybridized carbons (Fsp3) is 0.377. The van der Waals surface area contributed by atoms with Gasteiger partial charge in [-0.3, -0.25) is 33.6 Å². The average Bonchev–Trinajstić information content (AvgIpc) is 1.17. The number of carboxylic acid groups (broad SMARTS) is 1. The van der Waals surface area contributed by atoms with Gasteiger partial charge in [0, 0.05) is 160 Å². The summed E-state index contributed by atoms with van der Waals surface area (Å²) in [5.74, 6) is -4.53. The number of benzene rings is 2. The fourth-order valence-corrected chi connectivity index (χ4v) is 10.6. The van der Waals surface area contributed by atoms with Gasteiger partial charge in [-0.2, -0.15) is 0 Å². The average molecular weight is 1190 g/mol. The Balaban J connectivity index is 1.15. The molecule has 0 radical (unpaired) electrons. The molecule has 1 aliphatic heterocycles. The minimum absolute atomic E-state index is 0.0436. The van der Waals surface area contributed by atoms with Gasteiger partial charge in [-0.25, -0.2) is 9.37 Å². The number of ether oxygens (including phenoxy) is 1. The summed E-state index contributed by atoms with van der Waals surface area (Å²) in [6, 6.07) is 14.5. The van der Waals surface area contributed by atoms with E-state index < -0.39 is 76.4 Å². The molecule has 2 atom stereocenters. The minimum Gasteiger partial charge on any atom is -0.503 e. The summed E-state index contributed by atoms with van der Waals surface area (Å²) in [5, 5.41) is 49.2. The number of carboxylic acids is 1. The zero-order valence-electron chi connectivity index (χ0n) is 49.7. The van der Waals surface area contributed by atoms with Gasteiger partial charge >= 0.3 is 5.97 Å². The molecule has 450 valence electrons. The number of carbonyl (C=O) groups excluding carboxylic acids is 4. The van der Waals surface area contributed by atoms with E-state index in [0.29, 0.717) is 62.9 Å². The number of aromatic carboxylic acids is 1. The van der Waals surface area contributed by atoms with Gasteiger partial charge < -0.3 is 70.6 Å². The van der Waals surface area contributed by atoms with Gasteiger partial charge in [0.05, 0.1) is 30.8 Å². The maximum Gasteiger partial charge on any atom is 0.336 e. The van der Waals surface area contributed by atoms with E-state index in [1.54, 1.807) is 63.1 Å². The first-order valence-electron chi connectivity index (χ1n) is 27.5. The van der Waals surface area contributed by atoms with Crippen LogP contribution < -0.4 is 57.8 Å². The summed E-state index contributed by atoms with van der Waals surface area (Å²) < 4.78 is 13.4. The lowest BCUT2D eigenvalue weighted by Crippen LogP contribution is -2.53. The Kier molecular flexibility index (Phi) is 19.7. The number of aromatic nitrogens is 3. The molecule has 4 amide bonds. The Hall–Kier alpha value is -9.32. The van der Waals surface area contributed by atoms with Crippen LogP contribution in [0.2, 0.25) is 0 Å². The van der Waals surface area contributed by atoms with E-state index in [1.165, 1.54) is 35.9 Å². The van der Waals surface area contributed by atoms with Crippen molar-refractivity contribution >= 4 is 75.4 Å². The molecular weight excluding hydrogens is 1110 g/mol. The molecule has 0 saturated heterocycles. The first kappa shape index (κ1) is 63.3. The molecule has 0 spiro atoms. The van der Waals surface area contributed by atoms with Crippen molar-refractivity contribution in [1.82, 2.24) is 35.0 Å². The predicted molar refractivity (Wildman–Crippen MR) is 328 cm³/mol. The molecule has 23 nitrogen and oxygen atoms in total. The minimum atomic E-state index is -1.66. The maximum atomic E-state index is 14.4. The highest BCUT2D eigenvalue weighted by molar-refractivity contribution is 7.80. The lowest BCUT2D eigenvalue weighted by Gasteiger charge is -2.35. The number of aryl methyl sites for hydroxylation is 3. The molecule has 2 unspecified atom stereocenters. The Morgan fingerprint density at radius 1 is 0.706 bits per heavy atom. The monoisotopic (exact) mass is 1180 g/mol. The largest absolute Gasteiger partial charge is 0.503 e. The van der Waals surface area contributed by atoms with Crippen LogP contribution >= 0.6 is 12.2 Å². The number of hydrogen-bond donors (Lipinski definition) is 9. The highest BCUT2D eigenvalue weighted by Crippen LogP contribution is 2.45. The predicted octanol–water partition coefficient (Wildman–Crippen LogP) is 4.18. The summed E-state index contributed by atoms with van der Waals surface area (Å²) >= 11 is 5.73. The van der Waals surface area contributed by atoms with E-state index in [4.69, 9.17) is 17.0 Å². The molecule has 0 saturated carbocycles. The summed E-state index contributed by atoms with van der Waals surface area (Å²) in [6.45, 7) is 6.23. The van der Waals surface area contributed by atoms with Gasteiger partial charge in [0.15, 0.2) is 27.8 Å². The van der Waals surface area contributed by atoms with Crippen molar-refractivity contribution in [2.24, 2.45) is 21.1 Å². The van der Waals surface area contributed by atoms with Crippen LogP contribution in [0.5, 0.6) is 17.2 Å². The van der Waals surface area contributed by atoms with Crippen molar-refractivity contribution in [1.29, 1.82) is 0 Å². The van der Waals surface area contributed by atoms with E-state index in [0.717, 1.165) is 17.0 Å². The molecule has 5 aromatic rings. The highest BCUT2D eigenvalue weighted by atomic mass is 32.1. The molecule has 7 rings (SSSR count). The second-order valence-electron chi connectivity index (χ2n) is 21.9. The number of anilines is 3. The number of aromatic hydroxyl groups is 2. The number of nitrogens with one attached hydrogen (secondary N) is 6. The number of pyridine rings is 3. The second-order valence-corrected chi connectivity index (χ2v) is 22.3. The van der Waals surface area contributed by atoms with Gasteiger partial charge in [-0.1, -0.05) is 0 Å². The summed E-state index contributed by atoms with van der Waals surface area (Å²) in [6.07, 6.45) is 2.07. The SMILES string of the molecule is Cc1c(CNC(=O)CC(CCC(=O)NCc2c(O)c(=O)cc(C)n2C)(CCC(=O)Nc2c(O)c(=O)cc(C)n2C)NC(=O)CCNC(=S)Nc2ccc(C(=O)O)c(C3=C4C=CC(=[N+](C)C)CC4Oc4cc(N(C)C)ccc43)c2)n(C)c(C)cc1=O. The Morgan fingerprint density at radius 3 is 1.98 bits per heavy atom. The van der Waals surface area contributed by atoms with Crippen LogP contribution in [0, 0.1) is 27.7 Å². The molecule has 3 aromatic heterocycles. The van der Waals surface area contributed by atoms with Crippen LogP contribution in [-0.2, 0) is 53.4 Å². The molecule has 2 aliphatic rings. The van der Waals surface area contributed by atoms with E-state index >= 15 is 0 Å². The molecule has 1 aliphatic carbocycles. The van der Waals surface area contributed by atoms with Gasteiger partial charge in [0.1, 0.15) is 25.9 Å². The normalized spacial score (nSPS) is 14.0. The zero-order chi connectivity index (χ0) is 62.4. The quantitative estimate of drug-likeness (QED) is 0.0368. The van der Waals surface area contributed by atoms with Gasteiger partial charge in [0.25, 0.3) is 0 Å². The Labute approximate surface area is 496 Å². The van der Waals surface area contributed by atoms with Crippen molar-refractivity contribution in [3.63, 3.8) is 0 Å². The lowest BCUT2D eigenvalue weighted by atomic mass is 9.82. The van der Waals surface area contributed by atoms with Crippen molar-refractivity contribution in [2.45, 2.75) is 97.4 Å². The van der Waals surface area contributed by atoms with E-state index in [-0.39, 0.29) is 72.9 Å². The van der Waals surface area contributed by atoms with Crippen LogP contribution in [0.3, 0.4) is 0 Å². The highest BCUT2D eigenvalue weighted by Gasteiger charge is 2.37. The van der Waals surface area contributed by atoms with Gasteiger partial charge in [0.2, 0.25) is 40.2 Å². The summed E-state index contributed by atoms with van der Waals surface area (Å²) in [7, 11) is 12.6. The Morgan fingerprint density at radius 2 is 1.32 bits per heavy atom. The molecule has 24 heteroatoms. The van der Waals surface area contributed by atoms with Gasteiger partial charge in [-0.05, 0) is 94.7 Å². The molecule has 9 N–H and O–H groups in total. The third-order valence-corrected chi connectivity index (χ3v) is 16.0. The number of nitrogens with zero attached hydrogens (tertiary/aromatic N) is 5. The smallest absolute Gasteiger partial charge is 0.336 e. The van der Waals surface area contributed by atoms with Crippen molar-refractivity contribution < 1.29 is 48.6 Å².